The number of thiazole rings is 1. The van der Waals surface area contributed by atoms with Gasteiger partial charge in [-0.1, -0.05) is 59.0 Å². The average molecular weight is 351 g/mol. The molecule has 1 aromatic heterocycles. The molecule has 3 aromatic rings. The lowest BCUT2D eigenvalue weighted by Crippen LogP contribution is -2.21. The molecule has 0 bridgehead atoms. The molecule has 1 atom stereocenters. The summed E-state index contributed by atoms with van der Waals surface area (Å²) in [6.07, 6.45) is 0.250. The first-order valence-corrected chi connectivity index (χ1v) is 8.89. The summed E-state index contributed by atoms with van der Waals surface area (Å²) in [5, 5.41) is 7.40. The lowest BCUT2D eigenvalue weighted by atomic mass is 10.0. The first-order valence-electron chi connectivity index (χ1n) is 8.07. The molecular weight excluding hydrogens is 334 g/mol. The lowest BCUT2D eigenvalue weighted by molar-refractivity contribution is -0.110. The molecule has 6 heteroatoms. The Hall–Kier alpha value is -2.73. The Morgan fingerprint density at radius 2 is 1.92 bits per heavy atom. The van der Waals surface area contributed by atoms with E-state index in [0.29, 0.717) is 17.3 Å². The third kappa shape index (κ3) is 3.00. The minimum absolute atomic E-state index is 0.207. The van der Waals surface area contributed by atoms with Gasteiger partial charge >= 0.3 is 0 Å². The number of nitrogens with one attached hydrogen (secondary N) is 1. The van der Waals surface area contributed by atoms with Gasteiger partial charge in [0, 0.05) is 6.42 Å². The molecule has 126 valence electrons. The second-order valence-electron chi connectivity index (χ2n) is 6.10. The van der Waals surface area contributed by atoms with Crippen molar-refractivity contribution in [3.8, 4) is 0 Å². The van der Waals surface area contributed by atoms with Crippen molar-refractivity contribution >= 4 is 38.3 Å². The van der Waals surface area contributed by atoms with Crippen LogP contribution in [-0.2, 0) is 9.63 Å². The summed E-state index contributed by atoms with van der Waals surface area (Å²) in [4.78, 5) is 22.5. The number of fused-ring (bicyclic) bond motifs is 1. The van der Waals surface area contributed by atoms with Crippen molar-refractivity contribution in [2.24, 2.45) is 5.16 Å². The Bertz CT molecular complexity index is 940. The third-order valence-corrected chi connectivity index (χ3v) is 5.37. The monoisotopic (exact) mass is 351 g/mol. The summed E-state index contributed by atoms with van der Waals surface area (Å²) in [6, 6.07) is 13.9. The smallest absolute Gasteiger partial charge is 0.275 e. The summed E-state index contributed by atoms with van der Waals surface area (Å²) in [7, 11) is 0. The maximum absolute atomic E-state index is 12.5. The van der Waals surface area contributed by atoms with Gasteiger partial charge in [-0.05, 0) is 30.5 Å². The first kappa shape index (κ1) is 15.8. The minimum atomic E-state index is -0.257. The van der Waals surface area contributed by atoms with Crippen molar-refractivity contribution in [1.82, 2.24) is 4.98 Å². The van der Waals surface area contributed by atoms with Gasteiger partial charge in [-0.2, -0.15) is 0 Å². The van der Waals surface area contributed by atoms with Gasteiger partial charge in [0.2, 0.25) is 0 Å². The number of rotatable bonds is 3. The molecule has 0 aliphatic carbocycles. The maximum atomic E-state index is 12.5. The highest BCUT2D eigenvalue weighted by atomic mass is 32.1. The average Bonchev–Trinajstić information content (AvgIpc) is 3.27. The van der Waals surface area contributed by atoms with Crippen LogP contribution in [0.1, 0.15) is 29.2 Å². The molecule has 0 saturated carbocycles. The number of benzene rings is 2. The Morgan fingerprint density at radius 3 is 2.68 bits per heavy atom. The number of carbonyl (C=O) groups is 1. The summed E-state index contributed by atoms with van der Waals surface area (Å²) in [6.45, 7) is 4.07. The fourth-order valence-electron chi connectivity index (χ4n) is 2.84. The predicted octanol–water partition coefficient (Wildman–Crippen LogP) is 4.37. The van der Waals surface area contributed by atoms with Gasteiger partial charge in [-0.3, -0.25) is 10.1 Å². The van der Waals surface area contributed by atoms with Crippen LogP contribution in [0.2, 0.25) is 0 Å². The van der Waals surface area contributed by atoms with Crippen LogP contribution >= 0.6 is 11.3 Å². The number of anilines is 1. The van der Waals surface area contributed by atoms with Crippen molar-refractivity contribution in [3.05, 3.63) is 59.2 Å². The van der Waals surface area contributed by atoms with Crippen molar-refractivity contribution in [2.45, 2.75) is 26.4 Å². The van der Waals surface area contributed by atoms with Crippen LogP contribution in [0.5, 0.6) is 0 Å². The van der Waals surface area contributed by atoms with Gasteiger partial charge in [-0.15, -0.1) is 0 Å². The largest absolute Gasteiger partial charge is 0.387 e. The molecule has 2 aromatic carbocycles. The lowest BCUT2D eigenvalue weighted by Gasteiger charge is -2.07. The van der Waals surface area contributed by atoms with Crippen molar-refractivity contribution in [3.63, 3.8) is 0 Å². The number of aromatic nitrogens is 1. The zero-order valence-corrected chi connectivity index (χ0v) is 14.8. The van der Waals surface area contributed by atoms with Crippen LogP contribution in [0.25, 0.3) is 10.2 Å². The van der Waals surface area contributed by atoms with Crippen molar-refractivity contribution in [2.75, 3.05) is 5.32 Å². The predicted molar refractivity (Wildman–Crippen MR) is 100 cm³/mol. The van der Waals surface area contributed by atoms with Gasteiger partial charge in [0.25, 0.3) is 5.91 Å². The molecular formula is C19H17N3O2S. The summed E-state index contributed by atoms with van der Waals surface area (Å²) in [5.41, 5.74) is 4.60. The Kier molecular flexibility index (Phi) is 3.97. The number of aryl methyl sites for hydroxylation is 2. The normalized spacial score (nSPS) is 16.6. The summed E-state index contributed by atoms with van der Waals surface area (Å²) in [5.74, 6) is -0.257. The molecule has 1 unspecified atom stereocenters. The molecule has 0 fully saturated rings. The number of carbonyl (C=O) groups excluding carboxylic acids is 1. The van der Waals surface area contributed by atoms with Gasteiger partial charge in [0.1, 0.15) is 5.71 Å². The highest BCUT2D eigenvalue weighted by molar-refractivity contribution is 7.22. The fourth-order valence-corrected chi connectivity index (χ4v) is 3.85. The Labute approximate surface area is 149 Å². The molecule has 2 heterocycles. The summed E-state index contributed by atoms with van der Waals surface area (Å²) < 4.78 is 1.10. The van der Waals surface area contributed by atoms with E-state index in [1.807, 2.05) is 50.2 Å². The van der Waals surface area contributed by atoms with Crippen LogP contribution in [0.3, 0.4) is 0 Å². The highest BCUT2D eigenvalue weighted by Gasteiger charge is 2.27. The van der Waals surface area contributed by atoms with Gasteiger partial charge in [0.05, 0.1) is 10.2 Å². The van der Waals surface area contributed by atoms with E-state index in [-0.39, 0.29) is 12.0 Å². The van der Waals surface area contributed by atoms with Crippen molar-refractivity contribution < 1.29 is 9.63 Å². The van der Waals surface area contributed by atoms with Crippen LogP contribution < -0.4 is 5.32 Å². The zero-order valence-electron chi connectivity index (χ0n) is 13.9. The molecule has 4 rings (SSSR count). The molecule has 1 N–H and O–H groups in total. The number of amides is 1. The second kappa shape index (κ2) is 6.29. The molecule has 0 spiro atoms. The van der Waals surface area contributed by atoms with E-state index in [4.69, 9.17) is 4.84 Å². The van der Waals surface area contributed by atoms with E-state index in [1.165, 1.54) is 11.3 Å². The molecule has 5 nitrogen and oxygen atoms in total. The molecule has 1 aliphatic heterocycles. The number of hydrogen-bond acceptors (Lipinski definition) is 5. The minimum Gasteiger partial charge on any atom is -0.387 e. The van der Waals surface area contributed by atoms with Crippen LogP contribution in [0.15, 0.2) is 47.6 Å². The second-order valence-corrected chi connectivity index (χ2v) is 7.10. The molecule has 25 heavy (non-hydrogen) atoms. The number of hydrogen-bond donors (Lipinski definition) is 1. The van der Waals surface area contributed by atoms with Crippen molar-refractivity contribution in [1.29, 1.82) is 0 Å². The van der Waals surface area contributed by atoms with E-state index in [9.17, 15) is 4.79 Å². The molecule has 0 radical (unpaired) electrons. The van der Waals surface area contributed by atoms with Crippen LogP contribution in [0, 0.1) is 13.8 Å². The topological polar surface area (TPSA) is 63.6 Å². The Morgan fingerprint density at radius 1 is 1.16 bits per heavy atom. The van der Waals surface area contributed by atoms with E-state index in [0.717, 1.165) is 26.9 Å². The SMILES string of the molecule is Cc1ccc(C)c2sc(NC(=O)C3=NOC(c4ccccc4)C3)nc12. The fraction of sp³-hybridized carbons (Fsp3) is 0.211. The highest BCUT2D eigenvalue weighted by Crippen LogP contribution is 2.32. The summed E-state index contributed by atoms with van der Waals surface area (Å²) >= 11 is 1.48. The van der Waals surface area contributed by atoms with E-state index in [1.54, 1.807) is 0 Å². The standard InChI is InChI=1S/C19H17N3O2S/c1-11-8-9-12(2)17-16(11)20-19(25-17)21-18(23)14-10-15(24-22-14)13-6-4-3-5-7-13/h3-9,15H,10H2,1-2H3,(H,20,21,23). The Balaban J connectivity index is 1.50. The zero-order chi connectivity index (χ0) is 17.4. The molecule has 1 amide bonds. The maximum Gasteiger partial charge on any atom is 0.275 e. The van der Waals surface area contributed by atoms with E-state index < -0.39 is 0 Å². The van der Waals surface area contributed by atoms with Crippen LogP contribution in [0.4, 0.5) is 5.13 Å². The quantitative estimate of drug-likeness (QED) is 0.762. The van der Waals surface area contributed by atoms with E-state index in [2.05, 4.69) is 21.5 Å². The van der Waals surface area contributed by atoms with Gasteiger partial charge < -0.3 is 4.84 Å². The third-order valence-electron chi connectivity index (χ3n) is 4.26. The number of oxime groups is 1. The van der Waals surface area contributed by atoms with E-state index >= 15 is 0 Å². The molecule has 0 saturated heterocycles. The first-order chi connectivity index (χ1) is 12.1. The van der Waals surface area contributed by atoms with Crippen LogP contribution in [-0.4, -0.2) is 16.6 Å². The van der Waals surface area contributed by atoms with Gasteiger partial charge in [-0.25, -0.2) is 4.98 Å². The number of nitrogens with zero attached hydrogens (tertiary/aromatic N) is 2. The molecule has 1 aliphatic rings. The van der Waals surface area contributed by atoms with Gasteiger partial charge in [0.15, 0.2) is 11.2 Å².